The van der Waals surface area contributed by atoms with Gasteiger partial charge in [0.25, 0.3) is 5.91 Å². The van der Waals surface area contributed by atoms with E-state index in [4.69, 9.17) is 10.5 Å². The van der Waals surface area contributed by atoms with Crippen LogP contribution in [0, 0.1) is 0 Å². The Morgan fingerprint density at radius 1 is 1.53 bits per heavy atom. The summed E-state index contributed by atoms with van der Waals surface area (Å²) in [6, 6.07) is 4.76. The van der Waals surface area contributed by atoms with Gasteiger partial charge in [0, 0.05) is 5.69 Å². The fourth-order valence-corrected chi connectivity index (χ4v) is 1.72. The first-order valence-corrected chi connectivity index (χ1v) is 5.72. The van der Waals surface area contributed by atoms with E-state index < -0.39 is 0 Å². The third-order valence-electron chi connectivity index (χ3n) is 2.70. The number of aromatic amines is 1. The third kappa shape index (κ3) is 2.65. The van der Waals surface area contributed by atoms with Crippen molar-refractivity contribution in [2.24, 2.45) is 0 Å². The maximum atomic E-state index is 12.2. The predicted molar refractivity (Wildman–Crippen MR) is 69.7 cm³/mol. The fourth-order valence-electron chi connectivity index (χ4n) is 1.72. The average Bonchev–Trinajstić information content (AvgIpc) is 2.92. The van der Waals surface area contributed by atoms with Gasteiger partial charge in [-0.15, -0.1) is 0 Å². The highest BCUT2D eigenvalue weighted by molar-refractivity contribution is 6.02. The number of H-pyrrole nitrogens is 1. The van der Waals surface area contributed by atoms with E-state index >= 15 is 0 Å². The molecule has 0 aliphatic heterocycles. The Labute approximate surface area is 110 Å². The fraction of sp³-hybridized carbons (Fsp3) is 0.250. The van der Waals surface area contributed by atoms with Gasteiger partial charge >= 0.3 is 0 Å². The number of ether oxygens (including phenoxy) is 1. The smallest absolute Gasteiger partial charge is 0.257 e. The zero-order valence-electron chi connectivity index (χ0n) is 10.7. The van der Waals surface area contributed by atoms with Crippen molar-refractivity contribution < 1.29 is 9.53 Å². The number of rotatable bonds is 4. The molecule has 0 radical (unpaired) electrons. The standard InChI is InChI=1S/C12H15N5O2/c1-7(11-14-6-15-17-11)16-12(18)10-8(13)4-3-5-9(10)19-2/h3-7H,13H2,1-2H3,(H,16,18)(H,14,15,17). The molecule has 1 aromatic carbocycles. The maximum absolute atomic E-state index is 12.2. The van der Waals surface area contributed by atoms with Gasteiger partial charge in [-0.25, -0.2) is 4.98 Å². The number of nitrogens with zero attached hydrogens (tertiary/aromatic N) is 2. The number of carbonyl (C=O) groups excluding carboxylic acids is 1. The molecule has 1 aromatic heterocycles. The van der Waals surface area contributed by atoms with Gasteiger partial charge in [-0.05, 0) is 19.1 Å². The van der Waals surface area contributed by atoms with Crippen LogP contribution in [0.5, 0.6) is 5.75 Å². The molecule has 0 saturated carbocycles. The van der Waals surface area contributed by atoms with E-state index in [1.54, 1.807) is 25.1 Å². The molecule has 0 bridgehead atoms. The van der Waals surface area contributed by atoms with Crippen molar-refractivity contribution in [1.29, 1.82) is 0 Å². The Morgan fingerprint density at radius 3 is 2.95 bits per heavy atom. The lowest BCUT2D eigenvalue weighted by Gasteiger charge is -2.14. The van der Waals surface area contributed by atoms with Gasteiger partial charge < -0.3 is 15.8 Å². The Balaban J connectivity index is 2.21. The van der Waals surface area contributed by atoms with Gasteiger partial charge in [0.05, 0.1) is 13.2 Å². The first-order valence-electron chi connectivity index (χ1n) is 5.72. The second-order valence-electron chi connectivity index (χ2n) is 3.99. The predicted octanol–water partition coefficient (Wildman–Crippen LogP) is 0.886. The Hall–Kier alpha value is -2.57. The number of carbonyl (C=O) groups is 1. The number of nitrogens with two attached hydrogens (primary N) is 1. The summed E-state index contributed by atoms with van der Waals surface area (Å²) in [5, 5.41) is 9.22. The van der Waals surface area contributed by atoms with Crippen molar-refractivity contribution in [2.75, 3.05) is 12.8 Å². The number of anilines is 1. The van der Waals surface area contributed by atoms with Crippen LogP contribution < -0.4 is 15.8 Å². The number of nitrogens with one attached hydrogen (secondary N) is 2. The molecule has 0 spiro atoms. The summed E-state index contributed by atoms with van der Waals surface area (Å²) in [5.41, 5.74) is 6.49. The number of amides is 1. The number of hydrogen-bond donors (Lipinski definition) is 3. The minimum Gasteiger partial charge on any atom is -0.496 e. The van der Waals surface area contributed by atoms with Crippen LogP contribution in [0.2, 0.25) is 0 Å². The molecule has 19 heavy (non-hydrogen) atoms. The van der Waals surface area contributed by atoms with E-state index in [-0.39, 0.29) is 11.9 Å². The van der Waals surface area contributed by atoms with Crippen LogP contribution >= 0.6 is 0 Å². The summed E-state index contributed by atoms with van der Waals surface area (Å²) in [6.07, 6.45) is 1.38. The molecule has 1 unspecified atom stereocenters. The van der Waals surface area contributed by atoms with Crippen molar-refractivity contribution in [1.82, 2.24) is 20.5 Å². The molecule has 1 amide bonds. The van der Waals surface area contributed by atoms with Crippen LogP contribution in [0.15, 0.2) is 24.5 Å². The number of aromatic nitrogens is 3. The Morgan fingerprint density at radius 2 is 2.32 bits per heavy atom. The summed E-state index contributed by atoms with van der Waals surface area (Å²) in [6.45, 7) is 1.80. The van der Waals surface area contributed by atoms with Gasteiger partial charge in [0.1, 0.15) is 23.5 Å². The normalized spacial score (nSPS) is 11.9. The van der Waals surface area contributed by atoms with E-state index in [0.29, 0.717) is 22.8 Å². The molecular formula is C12H15N5O2. The van der Waals surface area contributed by atoms with Crippen molar-refractivity contribution >= 4 is 11.6 Å². The quantitative estimate of drug-likeness (QED) is 0.708. The summed E-state index contributed by atoms with van der Waals surface area (Å²) in [4.78, 5) is 16.2. The largest absolute Gasteiger partial charge is 0.496 e. The molecule has 1 heterocycles. The molecule has 7 nitrogen and oxygen atoms in total. The van der Waals surface area contributed by atoms with Crippen LogP contribution in [0.1, 0.15) is 29.1 Å². The molecule has 1 atom stereocenters. The minimum atomic E-state index is -0.321. The van der Waals surface area contributed by atoms with Gasteiger partial charge in [-0.1, -0.05) is 6.07 Å². The highest BCUT2D eigenvalue weighted by atomic mass is 16.5. The Bertz CT molecular complexity index is 568. The summed E-state index contributed by atoms with van der Waals surface area (Å²) in [7, 11) is 1.49. The summed E-state index contributed by atoms with van der Waals surface area (Å²) < 4.78 is 5.14. The third-order valence-corrected chi connectivity index (χ3v) is 2.70. The molecule has 0 fully saturated rings. The molecule has 0 aliphatic carbocycles. The van der Waals surface area contributed by atoms with Crippen LogP contribution in [-0.4, -0.2) is 28.2 Å². The zero-order chi connectivity index (χ0) is 13.8. The number of methoxy groups -OCH3 is 1. The SMILES string of the molecule is COc1cccc(N)c1C(=O)NC(C)c1ncn[nH]1. The lowest BCUT2D eigenvalue weighted by molar-refractivity contribution is 0.0936. The van der Waals surface area contributed by atoms with Crippen LogP contribution in [0.3, 0.4) is 0 Å². The van der Waals surface area contributed by atoms with Crippen LogP contribution in [0.4, 0.5) is 5.69 Å². The first kappa shape index (κ1) is 12.9. The molecule has 7 heteroatoms. The summed E-state index contributed by atoms with van der Waals surface area (Å²) in [5.74, 6) is 0.683. The van der Waals surface area contributed by atoms with Gasteiger partial charge in [-0.3, -0.25) is 9.89 Å². The van der Waals surface area contributed by atoms with Gasteiger partial charge in [0.15, 0.2) is 0 Å². The number of nitrogen functional groups attached to an aromatic ring is 1. The topological polar surface area (TPSA) is 106 Å². The monoisotopic (exact) mass is 261 g/mol. The van der Waals surface area contributed by atoms with Gasteiger partial charge in [-0.2, -0.15) is 5.10 Å². The highest BCUT2D eigenvalue weighted by Crippen LogP contribution is 2.24. The number of benzene rings is 1. The lowest BCUT2D eigenvalue weighted by Crippen LogP contribution is -2.28. The van der Waals surface area contributed by atoms with E-state index in [1.807, 2.05) is 0 Å². The minimum absolute atomic E-state index is 0.306. The lowest BCUT2D eigenvalue weighted by atomic mass is 10.1. The average molecular weight is 261 g/mol. The Kier molecular flexibility index (Phi) is 3.65. The summed E-state index contributed by atoms with van der Waals surface area (Å²) >= 11 is 0. The molecule has 4 N–H and O–H groups in total. The van der Waals surface area contributed by atoms with E-state index in [2.05, 4.69) is 20.5 Å². The second kappa shape index (κ2) is 5.38. The number of hydrogen-bond acceptors (Lipinski definition) is 5. The van der Waals surface area contributed by atoms with Crippen LogP contribution in [-0.2, 0) is 0 Å². The van der Waals surface area contributed by atoms with Crippen molar-refractivity contribution in [3.05, 3.63) is 35.9 Å². The maximum Gasteiger partial charge on any atom is 0.257 e. The van der Waals surface area contributed by atoms with E-state index in [0.717, 1.165) is 0 Å². The first-order chi connectivity index (χ1) is 9.13. The van der Waals surface area contributed by atoms with Crippen LogP contribution in [0.25, 0.3) is 0 Å². The van der Waals surface area contributed by atoms with Gasteiger partial charge in [0.2, 0.25) is 0 Å². The molecule has 2 rings (SSSR count). The zero-order valence-corrected chi connectivity index (χ0v) is 10.7. The van der Waals surface area contributed by atoms with Crippen molar-refractivity contribution in [3.8, 4) is 5.75 Å². The molecule has 2 aromatic rings. The van der Waals surface area contributed by atoms with Crippen molar-refractivity contribution in [2.45, 2.75) is 13.0 Å². The molecule has 100 valence electrons. The van der Waals surface area contributed by atoms with E-state index in [1.165, 1.54) is 13.4 Å². The van der Waals surface area contributed by atoms with E-state index in [9.17, 15) is 4.79 Å². The molecule has 0 aliphatic rings. The second-order valence-corrected chi connectivity index (χ2v) is 3.99. The molecular weight excluding hydrogens is 246 g/mol. The molecule has 0 saturated heterocycles. The highest BCUT2D eigenvalue weighted by Gasteiger charge is 2.19. The van der Waals surface area contributed by atoms with Crippen molar-refractivity contribution in [3.63, 3.8) is 0 Å².